The van der Waals surface area contributed by atoms with E-state index in [9.17, 15) is 0 Å². The van der Waals surface area contributed by atoms with Gasteiger partial charge in [-0.25, -0.2) is 0 Å². The predicted molar refractivity (Wildman–Crippen MR) is 49.3 cm³/mol. The largest absolute Gasteiger partial charge is 0.353 e. The number of nitrogens with zero attached hydrogens (tertiary/aromatic N) is 1. The molecule has 0 aromatic carbocycles. The molecule has 0 N–H and O–H groups in total. The lowest BCUT2D eigenvalue weighted by molar-refractivity contribution is 0.206. The maximum atomic E-state index is 4.77. The Morgan fingerprint density at radius 3 is 1.70 bits per heavy atom. The van der Waals surface area contributed by atoms with Crippen LogP contribution in [-0.4, -0.2) is 22.0 Å². The number of rotatable bonds is 2. The Balaban J connectivity index is 4.21. The Morgan fingerprint density at radius 1 is 1.30 bits per heavy atom. The van der Waals surface area contributed by atoms with Gasteiger partial charge in [0.2, 0.25) is 0 Å². The van der Waals surface area contributed by atoms with Crippen LogP contribution < -0.4 is 0 Å². The molecule has 0 saturated carbocycles. The summed E-state index contributed by atoms with van der Waals surface area (Å²) in [5.41, 5.74) is 2.87. The van der Waals surface area contributed by atoms with Gasteiger partial charge < -0.3 is 4.90 Å². The van der Waals surface area contributed by atoms with Gasteiger partial charge in [-0.2, -0.15) is 0 Å². The third-order valence-corrected chi connectivity index (χ3v) is 1.53. The fraction of sp³-hybridized carbons (Fsp3) is 0.875. The summed E-state index contributed by atoms with van der Waals surface area (Å²) in [5, 5.41) is 0. The SMILES string of the molecule is CC(C)N([C]=S)C(C)(C)C. The molecule has 59 valence electrons. The van der Waals surface area contributed by atoms with Crippen LogP contribution >= 0.6 is 12.2 Å². The molecule has 0 atom stereocenters. The van der Waals surface area contributed by atoms with Gasteiger partial charge in [-0.05, 0) is 34.6 Å². The van der Waals surface area contributed by atoms with Gasteiger partial charge in [0.1, 0.15) is 5.49 Å². The van der Waals surface area contributed by atoms with Crippen LogP contribution in [0.2, 0.25) is 0 Å². The molecule has 0 heterocycles. The summed E-state index contributed by atoms with van der Waals surface area (Å²) in [4.78, 5) is 2.04. The minimum Gasteiger partial charge on any atom is -0.353 e. The monoisotopic (exact) mass is 158 g/mol. The van der Waals surface area contributed by atoms with Crippen LogP contribution in [0.5, 0.6) is 0 Å². The molecule has 0 saturated heterocycles. The van der Waals surface area contributed by atoms with Crippen LogP contribution in [0.4, 0.5) is 0 Å². The van der Waals surface area contributed by atoms with Crippen molar-refractivity contribution in [2.75, 3.05) is 0 Å². The normalized spacial score (nSPS) is 11.8. The second-order valence-electron chi connectivity index (χ2n) is 3.73. The van der Waals surface area contributed by atoms with E-state index in [1.54, 1.807) is 0 Å². The zero-order valence-electron chi connectivity index (χ0n) is 7.43. The van der Waals surface area contributed by atoms with Gasteiger partial charge in [-0.1, -0.05) is 12.2 Å². The highest BCUT2D eigenvalue weighted by Gasteiger charge is 2.20. The van der Waals surface area contributed by atoms with E-state index in [2.05, 4.69) is 40.1 Å². The molecule has 0 unspecified atom stereocenters. The van der Waals surface area contributed by atoms with E-state index in [0.717, 1.165) is 0 Å². The Morgan fingerprint density at radius 2 is 1.70 bits per heavy atom. The van der Waals surface area contributed by atoms with E-state index in [-0.39, 0.29) is 5.54 Å². The number of hydrogen-bond acceptors (Lipinski definition) is 1. The molecule has 2 heteroatoms. The zero-order valence-corrected chi connectivity index (χ0v) is 8.25. The van der Waals surface area contributed by atoms with Gasteiger partial charge in [0, 0.05) is 11.6 Å². The summed E-state index contributed by atoms with van der Waals surface area (Å²) in [6, 6.07) is 0.442. The van der Waals surface area contributed by atoms with Gasteiger partial charge in [-0.15, -0.1) is 0 Å². The maximum Gasteiger partial charge on any atom is 0.137 e. The summed E-state index contributed by atoms with van der Waals surface area (Å²) >= 11 is 4.77. The Hall–Kier alpha value is -0.110. The molecule has 1 nitrogen and oxygen atoms in total. The lowest BCUT2D eigenvalue weighted by atomic mass is 10.1. The first kappa shape index (κ1) is 9.89. The van der Waals surface area contributed by atoms with Crippen molar-refractivity contribution in [2.45, 2.75) is 46.2 Å². The highest BCUT2D eigenvalue weighted by atomic mass is 32.1. The summed E-state index contributed by atoms with van der Waals surface area (Å²) in [6.45, 7) is 10.6. The quantitative estimate of drug-likeness (QED) is 0.448. The molecule has 0 aliphatic heterocycles. The number of thiocarbonyl (C=S) groups is 1. The lowest BCUT2D eigenvalue weighted by Gasteiger charge is -2.36. The van der Waals surface area contributed by atoms with Gasteiger partial charge in [0.15, 0.2) is 0 Å². The molecular formula is C8H16NS. The maximum absolute atomic E-state index is 4.77. The van der Waals surface area contributed by atoms with Crippen LogP contribution in [0.3, 0.4) is 0 Å². The van der Waals surface area contributed by atoms with E-state index in [4.69, 9.17) is 12.2 Å². The van der Waals surface area contributed by atoms with Crippen molar-refractivity contribution in [3.8, 4) is 0 Å². The van der Waals surface area contributed by atoms with E-state index in [1.807, 2.05) is 4.90 Å². The Labute approximate surface area is 69.4 Å². The van der Waals surface area contributed by atoms with Gasteiger partial charge in [0.25, 0.3) is 0 Å². The molecule has 0 aliphatic carbocycles. The van der Waals surface area contributed by atoms with E-state index >= 15 is 0 Å². The van der Waals surface area contributed by atoms with Crippen molar-refractivity contribution >= 4 is 17.7 Å². The van der Waals surface area contributed by atoms with Crippen molar-refractivity contribution in [1.82, 2.24) is 4.90 Å². The van der Waals surface area contributed by atoms with Crippen molar-refractivity contribution in [2.24, 2.45) is 0 Å². The van der Waals surface area contributed by atoms with E-state index in [1.165, 1.54) is 0 Å². The molecule has 0 rings (SSSR count). The summed E-state index contributed by atoms with van der Waals surface area (Å²) in [6.07, 6.45) is 0. The summed E-state index contributed by atoms with van der Waals surface area (Å²) in [5.74, 6) is 0. The predicted octanol–water partition coefficient (Wildman–Crippen LogP) is 2.33. The first-order chi connectivity index (χ1) is 4.39. The van der Waals surface area contributed by atoms with E-state index < -0.39 is 0 Å². The Kier molecular flexibility index (Phi) is 3.29. The average molecular weight is 158 g/mol. The molecule has 0 aromatic rings. The van der Waals surface area contributed by atoms with Crippen LogP contribution in [-0.2, 0) is 0 Å². The number of hydrogen-bond donors (Lipinski definition) is 0. The smallest absolute Gasteiger partial charge is 0.137 e. The van der Waals surface area contributed by atoms with Gasteiger partial charge in [0.05, 0.1) is 0 Å². The third kappa shape index (κ3) is 2.65. The average Bonchev–Trinajstić information content (AvgIpc) is 1.60. The molecule has 0 spiro atoms. The van der Waals surface area contributed by atoms with Crippen LogP contribution in [0.25, 0.3) is 0 Å². The standard InChI is InChI=1S/C8H16NS/c1-7(2)9(6-10)8(3,4)5/h7H,1-5H3. The molecule has 0 amide bonds. The first-order valence-corrected chi connectivity index (χ1v) is 3.97. The second kappa shape index (κ2) is 3.33. The molecule has 0 bridgehead atoms. The fourth-order valence-electron chi connectivity index (χ4n) is 1.02. The van der Waals surface area contributed by atoms with Crippen molar-refractivity contribution < 1.29 is 0 Å². The molecular weight excluding hydrogens is 142 g/mol. The van der Waals surface area contributed by atoms with Crippen molar-refractivity contribution in [3.05, 3.63) is 0 Å². The van der Waals surface area contributed by atoms with Crippen LogP contribution in [0.1, 0.15) is 34.6 Å². The fourth-order valence-corrected chi connectivity index (χ4v) is 1.50. The van der Waals surface area contributed by atoms with Crippen LogP contribution in [0.15, 0.2) is 0 Å². The highest BCUT2D eigenvalue weighted by Crippen LogP contribution is 2.14. The van der Waals surface area contributed by atoms with E-state index in [0.29, 0.717) is 6.04 Å². The third-order valence-electron chi connectivity index (χ3n) is 1.34. The van der Waals surface area contributed by atoms with Crippen molar-refractivity contribution in [3.63, 3.8) is 0 Å². The van der Waals surface area contributed by atoms with Crippen LogP contribution in [0, 0.1) is 0 Å². The zero-order chi connectivity index (χ0) is 8.36. The molecule has 10 heavy (non-hydrogen) atoms. The molecule has 0 aromatic heterocycles. The minimum absolute atomic E-state index is 0.107. The summed E-state index contributed by atoms with van der Waals surface area (Å²) in [7, 11) is 0. The molecule has 1 radical (unpaired) electrons. The Bertz CT molecular complexity index is 113. The minimum atomic E-state index is 0.107. The van der Waals surface area contributed by atoms with Crippen molar-refractivity contribution in [1.29, 1.82) is 0 Å². The topological polar surface area (TPSA) is 3.24 Å². The molecule has 0 fully saturated rings. The van der Waals surface area contributed by atoms with Gasteiger partial charge in [-0.3, -0.25) is 0 Å². The summed E-state index contributed by atoms with van der Waals surface area (Å²) < 4.78 is 0. The second-order valence-corrected chi connectivity index (χ2v) is 3.91. The van der Waals surface area contributed by atoms with Gasteiger partial charge >= 0.3 is 0 Å². The molecule has 0 aliphatic rings. The first-order valence-electron chi connectivity index (χ1n) is 3.56. The lowest BCUT2D eigenvalue weighted by Crippen LogP contribution is -2.44. The highest BCUT2D eigenvalue weighted by molar-refractivity contribution is 7.78.